The second-order valence-corrected chi connectivity index (χ2v) is 4.40. The summed E-state index contributed by atoms with van der Waals surface area (Å²) in [5.74, 6) is 2.25. The molecular formula is C14H14N4O4. The van der Waals surface area contributed by atoms with Crippen molar-refractivity contribution in [3.8, 4) is 11.5 Å². The number of carbonyl (C=O) groups excluding carboxylic acids is 1. The van der Waals surface area contributed by atoms with E-state index in [2.05, 4.69) is 25.6 Å². The lowest BCUT2D eigenvalue weighted by Gasteiger charge is -2.19. The Morgan fingerprint density at radius 3 is 2.55 bits per heavy atom. The first-order chi connectivity index (χ1) is 10.7. The molecule has 2 aromatic rings. The first-order valence-corrected chi connectivity index (χ1v) is 6.60. The molecule has 0 radical (unpaired) electrons. The van der Waals surface area contributed by atoms with Crippen molar-refractivity contribution in [3.63, 3.8) is 0 Å². The predicted molar refractivity (Wildman–Crippen MR) is 78.8 cm³/mol. The van der Waals surface area contributed by atoms with E-state index < -0.39 is 6.09 Å². The number of ether oxygens (including phenoxy) is 3. The van der Waals surface area contributed by atoms with Crippen LogP contribution in [0.1, 0.15) is 0 Å². The van der Waals surface area contributed by atoms with Gasteiger partial charge in [0.05, 0.1) is 7.11 Å². The molecule has 0 aliphatic carbocycles. The number of aromatic nitrogens is 2. The van der Waals surface area contributed by atoms with Gasteiger partial charge in [-0.1, -0.05) is 0 Å². The van der Waals surface area contributed by atoms with Gasteiger partial charge in [-0.05, 0) is 24.3 Å². The molecule has 114 valence electrons. The van der Waals surface area contributed by atoms with E-state index in [-0.39, 0.29) is 0 Å². The van der Waals surface area contributed by atoms with Crippen LogP contribution >= 0.6 is 0 Å². The van der Waals surface area contributed by atoms with Crippen molar-refractivity contribution in [2.45, 2.75) is 0 Å². The maximum Gasteiger partial charge on any atom is 0.412 e. The first kappa shape index (κ1) is 13.9. The molecule has 0 saturated heterocycles. The molecule has 3 rings (SSSR count). The lowest BCUT2D eigenvalue weighted by atomic mass is 10.2. The van der Waals surface area contributed by atoms with Crippen molar-refractivity contribution in [3.05, 3.63) is 30.3 Å². The quantitative estimate of drug-likeness (QED) is 0.897. The highest BCUT2D eigenvalue weighted by Gasteiger charge is 2.12. The van der Waals surface area contributed by atoms with Crippen LogP contribution in [-0.4, -0.2) is 36.6 Å². The summed E-state index contributed by atoms with van der Waals surface area (Å²) in [4.78, 5) is 11.1. The van der Waals surface area contributed by atoms with E-state index in [1.807, 2.05) is 18.2 Å². The molecular weight excluding hydrogens is 288 g/mol. The fourth-order valence-electron chi connectivity index (χ4n) is 1.89. The lowest BCUT2D eigenvalue weighted by Crippen LogP contribution is -2.15. The average molecular weight is 302 g/mol. The van der Waals surface area contributed by atoms with Crippen molar-refractivity contribution < 1.29 is 19.0 Å². The summed E-state index contributed by atoms with van der Waals surface area (Å²) in [6.45, 7) is 1.09. The van der Waals surface area contributed by atoms with Gasteiger partial charge in [0.25, 0.3) is 0 Å². The van der Waals surface area contributed by atoms with Crippen LogP contribution in [0.2, 0.25) is 0 Å². The van der Waals surface area contributed by atoms with Crippen molar-refractivity contribution in [1.29, 1.82) is 0 Å². The van der Waals surface area contributed by atoms with Crippen LogP contribution < -0.4 is 20.1 Å². The Hall–Kier alpha value is -3.03. The zero-order valence-electron chi connectivity index (χ0n) is 11.8. The Balaban J connectivity index is 1.69. The highest BCUT2D eigenvalue weighted by molar-refractivity contribution is 5.83. The Labute approximate surface area is 126 Å². The summed E-state index contributed by atoms with van der Waals surface area (Å²) in [6, 6.07) is 8.82. The van der Waals surface area contributed by atoms with Gasteiger partial charge in [0, 0.05) is 11.8 Å². The average Bonchev–Trinajstić information content (AvgIpc) is 2.56. The van der Waals surface area contributed by atoms with Crippen LogP contribution in [0.15, 0.2) is 30.3 Å². The molecule has 1 aliphatic rings. The molecule has 2 heterocycles. The van der Waals surface area contributed by atoms with Crippen molar-refractivity contribution in [2.24, 2.45) is 0 Å². The summed E-state index contributed by atoms with van der Waals surface area (Å²) in [5, 5.41) is 13.4. The number of nitrogens with zero attached hydrogens (tertiary/aromatic N) is 2. The predicted octanol–water partition coefficient (Wildman–Crippen LogP) is 2.17. The number of hydrogen-bond donors (Lipinski definition) is 2. The highest BCUT2D eigenvalue weighted by Crippen LogP contribution is 2.33. The summed E-state index contributed by atoms with van der Waals surface area (Å²) < 4.78 is 15.4. The Morgan fingerprint density at radius 2 is 1.82 bits per heavy atom. The number of rotatable bonds is 3. The topological polar surface area (TPSA) is 94.6 Å². The monoisotopic (exact) mass is 302 g/mol. The van der Waals surface area contributed by atoms with Gasteiger partial charge in [-0.3, -0.25) is 5.32 Å². The summed E-state index contributed by atoms with van der Waals surface area (Å²) in [5.41, 5.74) is 0.798. The second kappa shape index (κ2) is 6.17. The SMILES string of the molecule is COC(=O)Nc1ccc(Nc2ccc3c(c2)OCCO3)nn1. The van der Waals surface area contributed by atoms with Crippen LogP contribution in [0.5, 0.6) is 11.5 Å². The number of amides is 1. The van der Waals surface area contributed by atoms with Gasteiger partial charge in [0.15, 0.2) is 23.1 Å². The van der Waals surface area contributed by atoms with E-state index in [4.69, 9.17) is 9.47 Å². The number of fused-ring (bicyclic) bond motifs is 1. The molecule has 2 N–H and O–H groups in total. The van der Waals surface area contributed by atoms with E-state index in [9.17, 15) is 4.79 Å². The molecule has 1 amide bonds. The number of nitrogens with one attached hydrogen (secondary N) is 2. The van der Waals surface area contributed by atoms with Crippen LogP contribution in [0.3, 0.4) is 0 Å². The Morgan fingerprint density at radius 1 is 1.09 bits per heavy atom. The van der Waals surface area contributed by atoms with Gasteiger partial charge >= 0.3 is 6.09 Å². The third kappa shape index (κ3) is 3.17. The Bertz CT molecular complexity index is 675. The van der Waals surface area contributed by atoms with Crippen molar-refractivity contribution in [1.82, 2.24) is 10.2 Å². The fraction of sp³-hybridized carbons (Fsp3) is 0.214. The van der Waals surface area contributed by atoms with E-state index in [1.165, 1.54) is 7.11 Å². The van der Waals surface area contributed by atoms with Gasteiger partial charge in [-0.15, -0.1) is 10.2 Å². The van der Waals surface area contributed by atoms with Crippen LogP contribution in [0, 0.1) is 0 Å². The Kier molecular flexibility index (Phi) is 3.90. The zero-order valence-corrected chi connectivity index (χ0v) is 11.8. The van der Waals surface area contributed by atoms with E-state index in [1.54, 1.807) is 12.1 Å². The zero-order chi connectivity index (χ0) is 15.4. The van der Waals surface area contributed by atoms with E-state index in [0.717, 1.165) is 11.4 Å². The molecule has 0 bridgehead atoms. The summed E-state index contributed by atoms with van der Waals surface area (Å²) in [6.07, 6.45) is -0.596. The minimum atomic E-state index is -0.596. The molecule has 1 aromatic heterocycles. The maximum absolute atomic E-state index is 11.1. The molecule has 8 nitrogen and oxygen atoms in total. The number of benzene rings is 1. The number of anilines is 3. The highest BCUT2D eigenvalue weighted by atomic mass is 16.6. The molecule has 0 fully saturated rings. The van der Waals surface area contributed by atoms with Gasteiger partial charge < -0.3 is 19.5 Å². The van der Waals surface area contributed by atoms with Crippen LogP contribution in [-0.2, 0) is 4.74 Å². The van der Waals surface area contributed by atoms with Gasteiger partial charge in [0.2, 0.25) is 0 Å². The normalized spacial score (nSPS) is 12.4. The van der Waals surface area contributed by atoms with Gasteiger partial charge in [-0.25, -0.2) is 4.79 Å². The minimum Gasteiger partial charge on any atom is -0.486 e. The van der Waals surface area contributed by atoms with Gasteiger partial charge in [0.1, 0.15) is 13.2 Å². The molecule has 8 heteroatoms. The third-order valence-electron chi connectivity index (χ3n) is 2.89. The van der Waals surface area contributed by atoms with Crippen LogP contribution in [0.25, 0.3) is 0 Å². The molecule has 1 aromatic carbocycles. The van der Waals surface area contributed by atoms with E-state index in [0.29, 0.717) is 30.6 Å². The second-order valence-electron chi connectivity index (χ2n) is 4.40. The molecule has 0 atom stereocenters. The lowest BCUT2D eigenvalue weighted by molar-refractivity contribution is 0.171. The maximum atomic E-state index is 11.1. The molecule has 0 unspecified atom stereocenters. The molecule has 0 saturated carbocycles. The van der Waals surface area contributed by atoms with Crippen molar-refractivity contribution >= 4 is 23.4 Å². The summed E-state index contributed by atoms with van der Waals surface area (Å²) >= 11 is 0. The molecule has 0 spiro atoms. The standard InChI is InChI=1S/C14H14N4O4/c1-20-14(19)16-13-5-4-12(17-18-13)15-9-2-3-10-11(8-9)22-7-6-21-10/h2-5,8H,6-7H2,1H3,(H,15,17)(H,16,18,19). The third-order valence-corrected chi connectivity index (χ3v) is 2.89. The molecule has 1 aliphatic heterocycles. The van der Waals surface area contributed by atoms with Gasteiger partial charge in [-0.2, -0.15) is 0 Å². The smallest absolute Gasteiger partial charge is 0.412 e. The van der Waals surface area contributed by atoms with E-state index >= 15 is 0 Å². The summed E-state index contributed by atoms with van der Waals surface area (Å²) in [7, 11) is 1.28. The van der Waals surface area contributed by atoms with Crippen LogP contribution in [0.4, 0.5) is 22.1 Å². The number of carbonyl (C=O) groups is 1. The largest absolute Gasteiger partial charge is 0.486 e. The number of hydrogen-bond acceptors (Lipinski definition) is 7. The first-order valence-electron chi connectivity index (χ1n) is 6.60. The number of methoxy groups -OCH3 is 1. The minimum absolute atomic E-state index is 0.305. The molecule has 22 heavy (non-hydrogen) atoms. The van der Waals surface area contributed by atoms with Crippen molar-refractivity contribution in [2.75, 3.05) is 31.0 Å². The fourth-order valence-corrected chi connectivity index (χ4v) is 1.89.